The molecule has 0 aromatic heterocycles. The monoisotopic (exact) mass is 264 g/mol. The first-order chi connectivity index (χ1) is 8.88. The van der Waals surface area contributed by atoms with Crippen LogP contribution in [0, 0.1) is 6.92 Å². The van der Waals surface area contributed by atoms with Crippen molar-refractivity contribution in [1.29, 1.82) is 0 Å². The number of aryl methyl sites for hydroxylation is 1. The highest BCUT2D eigenvalue weighted by molar-refractivity contribution is 5.93. The summed E-state index contributed by atoms with van der Waals surface area (Å²) in [6.07, 6.45) is 0. The minimum absolute atomic E-state index is 0.00544. The topological polar surface area (TPSA) is 61.6 Å². The van der Waals surface area contributed by atoms with E-state index in [1.165, 1.54) is 0 Å². The van der Waals surface area contributed by atoms with Crippen LogP contribution in [0.5, 0.6) is 0 Å². The first-order valence-electron chi connectivity index (χ1n) is 6.37. The molecule has 3 N–H and O–H groups in total. The number of hydrogen-bond acceptors (Lipinski definition) is 4. The van der Waals surface area contributed by atoms with Crippen molar-refractivity contribution in [2.75, 3.05) is 51.8 Å². The van der Waals surface area contributed by atoms with Crippen LogP contribution >= 0.6 is 0 Å². The van der Waals surface area contributed by atoms with Gasteiger partial charge in [-0.25, -0.2) is 0 Å². The van der Waals surface area contributed by atoms with Gasteiger partial charge >= 0.3 is 0 Å². The molecule has 5 nitrogen and oxygen atoms in total. The first kappa shape index (κ1) is 15.5. The van der Waals surface area contributed by atoms with E-state index in [1.54, 1.807) is 6.07 Å². The second kappa shape index (κ2) is 7.11. The molecule has 0 fully saturated rings. The molecule has 1 aromatic carbocycles. The fourth-order valence-electron chi connectivity index (χ4n) is 1.71. The van der Waals surface area contributed by atoms with Crippen LogP contribution in [0.2, 0.25) is 0 Å². The molecule has 0 bridgehead atoms. The average molecular weight is 264 g/mol. The standard InChI is InChI=1S/C14H24N4O/c1-11-9-12(15)5-6-13(11)16-14(19)10-18(4)8-7-17(2)3/h5-6,9H,7-8,10,15H2,1-4H3,(H,16,19). The molecule has 0 heterocycles. The fourth-order valence-corrected chi connectivity index (χ4v) is 1.71. The lowest BCUT2D eigenvalue weighted by molar-refractivity contribution is -0.117. The van der Waals surface area contributed by atoms with Crippen LogP contribution in [-0.4, -0.2) is 56.5 Å². The van der Waals surface area contributed by atoms with Crippen LogP contribution in [-0.2, 0) is 4.79 Å². The van der Waals surface area contributed by atoms with E-state index in [0.717, 1.165) is 24.3 Å². The number of hydrogen-bond donors (Lipinski definition) is 2. The molecule has 1 amide bonds. The van der Waals surface area contributed by atoms with Crippen molar-refractivity contribution in [3.63, 3.8) is 0 Å². The van der Waals surface area contributed by atoms with Crippen molar-refractivity contribution < 1.29 is 4.79 Å². The predicted molar refractivity (Wildman–Crippen MR) is 80.3 cm³/mol. The first-order valence-corrected chi connectivity index (χ1v) is 6.37. The SMILES string of the molecule is Cc1cc(N)ccc1NC(=O)CN(C)CCN(C)C. The molecular formula is C14H24N4O. The van der Waals surface area contributed by atoms with Gasteiger partial charge in [0.05, 0.1) is 6.54 Å². The molecule has 0 unspecified atom stereocenters. The zero-order valence-corrected chi connectivity index (χ0v) is 12.2. The molecule has 0 radical (unpaired) electrons. The third-order valence-electron chi connectivity index (χ3n) is 2.87. The summed E-state index contributed by atoms with van der Waals surface area (Å²) in [4.78, 5) is 16.0. The highest BCUT2D eigenvalue weighted by Gasteiger charge is 2.08. The summed E-state index contributed by atoms with van der Waals surface area (Å²) in [5.74, 6) is -0.00544. The molecular weight excluding hydrogens is 240 g/mol. The summed E-state index contributed by atoms with van der Waals surface area (Å²) in [7, 11) is 5.98. The molecule has 0 aliphatic rings. The normalized spacial score (nSPS) is 11.1. The molecule has 19 heavy (non-hydrogen) atoms. The Kier molecular flexibility index (Phi) is 5.79. The molecule has 0 aliphatic carbocycles. The van der Waals surface area contributed by atoms with Crippen LogP contribution < -0.4 is 11.1 Å². The minimum atomic E-state index is -0.00544. The molecule has 106 valence electrons. The van der Waals surface area contributed by atoms with E-state index in [1.807, 2.05) is 45.1 Å². The molecule has 0 saturated heterocycles. The van der Waals surface area contributed by atoms with Gasteiger partial charge in [0.25, 0.3) is 0 Å². The molecule has 5 heteroatoms. The zero-order valence-electron chi connectivity index (χ0n) is 12.2. The average Bonchev–Trinajstić information content (AvgIpc) is 2.30. The van der Waals surface area contributed by atoms with Crippen molar-refractivity contribution >= 4 is 17.3 Å². The van der Waals surface area contributed by atoms with Crippen LogP contribution in [0.15, 0.2) is 18.2 Å². The lowest BCUT2D eigenvalue weighted by Crippen LogP contribution is -2.35. The maximum absolute atomic E-state index is 11.9. The van der Waals surface area contributed by atoms with E-state index >= 15 is 0 Å². The van der Waals surface area contributed by atoms with Gasteiger partial charge in [-0.1, -0.05) is 0 Å². The van der Waals surface area contributed by atoms with E-state index < -0.39 is 0 Å². The Hall–Kier alpha value is -1.59. The maximum atomic E-state index is 11.9. The Morgan fingerprint density at radius 2 is 1.95 bits per heavy atom. The number of nitrogens with zero attached hydrogens (tertiary/aromatic N) is 2. The Morgan fingerprint density at radius 3 is 2.53 bits per heavy atom. The largest absolute Gasteiger partial charge is 0.399 e. The summed E-state index contributed by atoms with van der Waals surface area (Å²) in [5.41, 5.74) is 8.18. The van der Waals surface area contributed by atoms with Gasteiger partial charge in [-0.05, 0) is 51.8 Å². The van der Waals surface area contributed by atoms with Gasteiger partial charge in [-0.3, -0.25) is 9.69 Å². The van der Waals surface area contributed by atoms with Gasteiger partial charge in [0, 0.05) is 24.5 Å². The Balaban J connectivity index is 2.46. The van der Waals surface area contributed by atoms with Crippen LogP contribution in [0.3, 0.4) is 0 Å². The van der Waals surface area contributed by atoms with Crippen molar-refractivity contribution in [2.24, 2.45) is 0 Å². The fraction of sp³-hybridized carbons (Fsp3) is 0.500. The summed E-state index contributed by atoms with van der Waals surface area (Å²) in [6, 6.07) is 5.48. The van der Waals surface area contributed by atoms with Crippen molar-refractivity contribution in [1.82, 2.24) is 9.80 Å². The number of nitrogens with two attached hydrogens (primary N) is 1. The third-order valence-corrected chi connectivity index (χ3v) is 2.87. The van der Waals surface area contributed by atoms with E-state index in [4.69, 9.17) is 5.73 Å². The smallest absolute Gasteiger partial charge is 0.238 e. The van der Waals surface area contributed by atoms with Crippen LogP contribution in [0.25, 0.3) is 0 Å². The van der Waals surface area contributed by atoms with Crippen molar-refractivity contribution in [3.8, 4) is 0 Å². The highest BCUT2D eigenvalue weighted by atomic mass is 16.2. The number of nitrogen functional groups attached to an aromatic ring is 1. The second-order valence-corrected chi connectivity index (χ2v) is 5.16. The summed E-state index contributed by atoms with van der Waals surface area (Å²) < 4.78 is 0. The highest BCUT2D eigenvalue weighted by Crippen LogP contribution is 2.17. The molecule has 1 rings (SSSR count). The van der Waals surface area contributed by atoms with Gasteiger partial charge < -0.3 is 16.0 Å². The molecule has 0 aliphatic heterocycles. The van der Waals surface area contributed by atoms with Crippen LogP contribution in [0.1, 0.15) is 5.56 Å². The zero-order chi connectivity index (χ0) is 14.4. The van der Waals surface area contributed by atoms with Crippen molar-refractivity contribution in [2.45, 2.75) is 6.92 Å². The van der Waals surface area contributed by atoms with E-state index in [0.29, 0.717) is 12.2 Å². The molecule has 1 aromatic rings. The van der Waals surface area contributed by atoms with Crippen molar-refractivity contribution in [3.05, 3.63) is 23.8 Å². The predicted octanol–water partition coefficient (Wildman–Crippen LogP) is 1.01. The maximum Gasteiger partial charge on any atom is 0.238 e. The Morgan fingerprint density at radius 1 is 1.26 bits per heavy atom. The summed E-state index contributed by atoms with van der Waals surface area (Å²) in [5, 5.41) is 2.91. The number of nitrogens with one attached hydrogen (secondary N) is 1. The summed E-state index contributed by atoms with van der Waals surface area (Å²) >= 11 is 0. The lowest BCUT2D eigenvalue weighted by atomic mass is 10.2. The number of carbonyl (C=O) groups excluding carboxylic acids is 1. The minimum Gasteiger partial charge on any atom is -0.399 e. The van der Waals surface area contributed by atoms with Crippen LogP contribution in [0.4, 0.5) is 11.4 Å². The number of rotatable bonds is 6. The van der Waals surface area contributed by atoms with Gasteiger partial charge in [0.1, 0.15) is 0 Å². The lowest BCUT2D eigenvalue weighted by Gasteiger charge is -2.19. The Bertz CT molecular complexity index is 431. The third kappa shape index (κ3) is 5.72. The van der Waals surface area contributed by atoms with Gasteiger partial charge in [0.2, 0.25) is 5.91 Å². The number of benzene rings is 1. The van der Waals surface area contributed by atoms with E-state index in [-0.39, 0.29) is 5.91 Å². The number of likely N-dealkylation sites (N-methyl/N-ethyl adjacent to an activating group) is 2. The number of amides is 1. The van der Waals surface area contributed by atoms with Gasteiger partial charge in [0.15, 0.2) is 0 Å². The quantitative estimate of drug-likeness (QED) is 0.753. The summed E-state index contributed by atoms with van der Waals surface area (Å²) in [6.45, 7) is 4.12. The van der Waals surface area contributed by atoms with E-state index in [9.17, 15) is 4.79 Å². The van der Waals surface area contributed by atoms with E-state index in [2.05, 4.69) is 10.2 Å². The number of anilines is 2. The van der Waals surface area contributed by atoms with Gasteiger partial charge in [-0.15, -0.1) is 0 Å². The molecule has 0 spiro atoms. The number of carbonyl (C=O) groups is 1. The Labute approximate surface area is 115 Å². The van der Waals surface area contributed by atoms with Gasteiger partial charge in [-0.2, -0.15) is 0 Å². The molecule has 0 saturated carbocycles. The molecule has 0 atom stereocenters. The second-order valence-electron chi connectivity index (χ2n) is 5.16.